The average molecular weight is 227 g/mol. The fraction of sp³-hybridized carbons (Fsp3) is 0.267. The minimum absolute atomic E-state index is 0.782. The van der Waals surface area contributed by atoms with Crippen LogP contribution in [-0.2, 0) is 0 Å². The molecule has 0 saturated heterocycles. The summed E-state index contributed by atoms with van der Waals surface area (Å²) in [4.78, 5) is 4.48. The van der Waals surface area contributed by atoms with Crippen LogP contribution in [0.1, 0.15) is 18.9 Å². The van der Waals surface area contributed by atoms with Crippen molar-refractivity contribution in [2.45, 2.75) is 13.3 Å². The highest BCUT2D eigenvalue weighted by Gasteiger charge is 2.29. The van der Waals surface area contributed by atoms with Crippen LogP contribution < -0.4 is 4.48 Å². The van der Waals surface area contributed by atoms with Crippen molar-refractivity contribution in [3.8, 4) is 0 Å². The van der Waals surface area contributed by atoms with Crippen molar-refractivity contribution >= 4 is 17.6 Å². The maximum Gasteiger partial charge on any atom is 0.204 e. The molecule has 0 saturated carbocycles. The summed E-state index contributed by atoms with van der Waals surface area (Å²) in [5.41, 5.74) is 2.43. The van der Waals surface area contributed by atoms with Gasteiger partial charge in [-0.2, -0.15) is 0 Å². The fourth-order valence-corrected chi connectivity index (χ4v) is 2.11. The number of nitrogens with zero attached hydrogens (tertiary/aromatic N) is 2. The van der Waals surface area contributed by atoms with Crippen LogP contribution in [0.4, 0.5) is 5.69 Å². The topological polar surface area (TPSA) is 12.4 Å². The van der Waals surface area contributed by atoms with Crippen LogP contribution in [0.3, 0.4) is 0 Å². The van der Waals surface area contributed by atoms with E-state index in [-0.39, 0.29) is 0 Å². The second-order valence-electron chi connectivity index (χ2n) is 4.56. The Kier molecular flexibility index (Phi) is 3.25. The smallest absolute Gasteiger partial charge is 0.204 e. The van der Waals surface area contributed by atoms with Crippen molar-refractivity contribution in [2.24, 2.45) is 4.99 Å². The molecule has 17 heavy (non-hydrogen) atoms. The predicted octanol–water partition coefficient (Wildman–Crippen LogP) is 3.60. The third-order valence-electron chi connectivity index (χ3n) is 3.52. The van der Waals surface area contributed by atoms with Crippen molar-refractivity contribution in [1.82, 2.24) is 4.48 Å². The lowest BCUT2D eigenvalue weighted by molar-refractivity contribution is 0.496. The first-order valence-corrected chi connectivity index (χ1v) is 5.95. The van der Waals surface area contributed by atoms with E-state index in [1.54, 1.807) is 0 Å². The minimum atomic E-state index is 0.782. The standard InChI is InChI=1S/C15H19N2/c1-4-14-7-9-15(10-8-14)17(3)12-6-5-11-16-13(17)2/h4-5,7-11H,1,6,12H2,2-3H3/q+1. The fourth-order valence-electron chi connectivity index (χ4n) is 2.11. The van der Waals surface area contributed by atoms with Gasteiger partial charge >= 0.3 is 0 Å². The Morgan fingerprint density at radius 2 is 2.00 bits per heavy atom. The number of quaternary nitrogens is 1. The summed E-state index contributed by atoms with van der Waals surface area (Å²) in [5, 5.41) is 0. The Morgan fingerprint density at radius 1 is 1.29 bits per heavy atom. The molecule has 2 nitrogen and oxygen atoms in total. The van der Waals surface area contributed by atoms with E-state index in [4.69, 9.17) is 0 Å². The number of hydrogen-bond acceptors (Lipinski definition) is 1. The van der Waals surface area contributed by atoms with Gasteiger partial charge in [0.05, 0.1) is 13.6 Å². The Bertz CT molecular complexity index is 468. The van der Waals surface area contributed by atoms with Gasteiger partial charge in [0, 0.05) is 31.7 Å². The first-order chi connectivity index (χ1) is 8.16. The predicted molar refractivity (Wildman–Crippen MR) is 76.0 cm³/mol. The van der Waals surface area contributed by atoms with E-state index in [0.29, 0.717) is 0 Å². The lowest BCUT2D eigenvalue weighted by atomic mass is 10.1. The zero-order chi connectivity index (χ0) is 12.3. The summed E-state index contributed by atoms with van der Waals surface area (Å²) in [6.07, 6.45) is 6.97. The van der Waals surface area contributed by atoms with Crippen molar-refractivity contribution < 1.29 is 0 Å². The molecule has 0 amide bonds. The normalized spacial score (nSPS) is 24.0. The van der Waals surface area contributed by atoms with Gasteiger partial charge in [0.2, 0.25) is 5.84 Å². The van der Waals surface area contributed by atoms with Gasteiger partial charge in [-0.3, -0.25) is 0 Å². The van der Waals surface area contributed by atoms with E-state index in [1.807, 2.05) is 12.3 Å². The maximum atomic E-state index is 4.48. The number of amidine groups is 1. The summed E-state index contributed by atoms with van der Waals surface area (Å²) in [5.74, 6) is 1.13. The summed E-state index contributed by atoms with van der Waals surface area (Å²) in [6.45, 7) is 6.93. The van der Waals surface area contributed by atoms with Crippen LogP contribution in [-0.4, -0.2) is 19.4 Å². The van der Waals surface area contributed by atoms with Crippen LogP contribution in [0.2, 0.25) is 0 Å². The second-order valence-corrected chi connectivity index (χ2v) is 4.56. The van der Waals surface area contributed by atoms with Gasteiger partial charge in [-0.05, 0) is 17.7 Å². The summed E-state index contributed by atoms with van der Waals surface area (Å²) >= 11 is 0. The van der Waals surface area contributed by atoms with Gasteiger partial charge in [-0.1, -0.05) is 18.7 Å². The Hall–Kier alpha value is -1.67. The first-order valence-electron chi connectivity index (χ1n) is 5.95. The molecule has 1 aliphatic heterocycles. The molecule has 2 rings (SSSR count). The van der Waals surface area contributed by atoms with Crippen LogP contribution in [0.5, 0.6) is 0 Å². The van der Waals surface area contributed by atoms with E-state index >= 15 is 0 Å². The van der Waals surface area contributed by atoms with Gasteiger partial charge in [0.1, 0.15) is 5.69 Å². The highest BCUT2D eigenvalue weighted by atomic mass is 15.4. The van der Waals surface area contributed by atoms with Gasteiger partial charge < -0.3 is 0 Å². The van der Waals surface area contributed by atoms with Gasteiger partial charge in [-0.25, -0.2) is 9.48 Å². The quantitative estimate of drug-likeness (QED) is 0.684. The molecule has 1 atom stereocenters. The molecule has 0 spiro atoms. The molecule has 1 aromatic rings. The Morgan fingerprint density at radius 3 is 2.65 bits per heavy atom. The molecule has 0 aromatic heterocycles. The molecule has 0 radical (unpaired) electrons. The van der Waals surface area contributed by atoms with E-state index in [1.165, 1.54) is 5.69 Å². The monoisotopic (exact) mass is 227 g/mol. The van der Waals surface area contributed by atoms with E-state index < -0.39 is 0 Å². The van der Waals surface area contributed by atoms with Crippen LogP contribution >= 0.6 is 0 Å². The SMILES string of the molecule is C=Cc1ccc([N+]2(C)CCC=CN=C2C)cc1. The van der Waals surface area contributed by atoms with Gasteiger partial charge in [-0.15, -0.1) is 0 Å². The van der Waals surface area contributed by atoms with Crippen molar-refractivity contribution in [3.63, 3.8) is 0 Å². The lowest BCUT2D eigenvalue weighted by Gasteiger charge is -2.31. The number of benzene rings is 1. The first kappa shape index (κ1) is 11.8. The average Bonchev–Trinajstić information content (AvgIpc) is 2.53. The third kappa shape index (κ3) is 2.22. The Labute approximate surface area is 103 Å². The summed E-state index contributed by atoms with van der Waals surface area (Å²) in [7, 11) is 2.22. The van der Waals surface area contributed by atoms with E-state index in [9.17, 15) is 0 Å². The van der Waals surface area contributed by atoms with Gasteiger partial charge in [0.25, 0.3) is 0 Å². The molecule has 1 aliphatic rings. The van der Waals surface area contributed by atoms with Crippen LogP contribution in [0.15, 0.2) is 48.1 Å². The van der Waals surface area contributed by atoms with E-state index in [2.05, 4.69) is 55.9 Å². The zero-order valence-corrected chi connectivity index (χ0v) is 10.6. The number of aliphatic imine (C=N–C) groups is 1. The summed E-state index contributed by atoms with van der Waals surface area (Å²) in [6, 6.07) is 8.55. The molecule has 0 bridgehead atoms. The number of hydrogen-bond donors (Lipinski definition) is 0. The van der Waals surface area contributed by atoms with Crippen molar-refractivity contribution in [1.29, 1.82) is 0 Å². The number of rotatable bonds is 2. The molecule has 1 aromatic carbocycles. The van der Waals surface area contributed by atoms with E-state index in [0.717, 1.165) is 28.8 Å². The molecular formula is C15H19N2+. The molecule has 1 heterocycles. The molecule has 0 fully saturated rings. The van der Waals surface area contributed by atoms with Gasteiger partial charge in [0.15, 0.2) is 0 Å². The third-order valence-corrected chi connectivity index (χ3v) is 3.52. The molecule has 88 valence electrons. The highest BCUT2D eigenvalue weighted by Crippen LogP contribution is 2.24. The second kappa shape index (κ2) is 4.68. The Balaban J connectivity index is 2.39. The summed E-state index contributed by atoms with van der Waals surface area (Å²) < 4.78 is 0.782. The molecular weight excluding hydrogens is 208 g/mol. The highest BCUT2D eigenvalue weighted by molar-refractivity contribution is 5.91. The molecule has 2 heteroatoms. The van der Waals surface area contributed by atoms with Crippen molar-refractivity contribution in [3.05, 3.63) is 48.7 Å². The van der Waals surface area contributed by atoms with Crippen LogP contribution in [0, 0.1) is 0 Å². The van der Waals surface area contributed by atoms with Crippen molar-refractivity contribution in [2.75, 3.05) is 13.6 Å². The molecule has 1 unspecified atom stereocenters. The zero-order valence-electron chi connectivity index (χ0n) is 10.6. The molecule has 0 N–H and O–H groups in total. The minimum Gasteiger partial charge on any atom is -0.249 e. The largest absolute Gasteiger partial charge is 0.249 e. The molecule has 0 aliphatic carbocycles. The van der Waals surface area contributed by atoms with Crippen LogP contribution in [0.25, 0.3) is 6.08 Å². The maximum absolute atomic E-state index is 4.48. The lowest BCUT2D eigenvalue weighted by Crippen LogP contribution is -2.49.